The van der Waals surface area contributed by atoms with E-state index in [-0.39, 0.29) is 11.8 Å². The SMILES string of the molecule is Cc1c(NC(=O)C2CCCCCC2)cnc2c1CCO2. The average Bonchev–Trinajstić information content (AvgIpc) is 2.76. The van der Waals surface area contributed by atoms with Gasteiger partial charge in [-0.2, -0.15) is 0 Å². The van der Waals surface area contributed by atoms with Gasteiger partial charge in [-0.25, -0.2) is 4.98 Å². The summed E-state index contributed by atoms with van der Waals surface area (Å²) in [6, 6.07) is 0. The molecule has 2 aliphatic rings. The van der Waals surface area contributed by atoms with E-state index >= 15 is 0 Å². The predicted molar refractivity (Wildman–Crippen MR) is 78.0 cm³/mol. The van der Waals surface area contributed by atoms with Crippen molar-refractivity contribution in [3.63, 3.8) is 0 Å². The third kappa shape index (κ3) is 2.65. The van der Waals surface area contributed by atoms with Gasteiger partial charge in [-0.1, -0.05) is 25.7 Å². The molecule has 0 aromatic carbocycles. The minimum absolute atomic E-state index is 0.163. The lowest BCUT2D eigenvalue weighted by atomic mass is 9.99. The topological polar surface area (TPSA) is 51.2 Å². The van der Waals surface area contributed by atoms with Crippen LogP contribution in [-0.2, 0) is 11.2 Å². The molecule has 1 aromatic heterocycles. The van der Waals surface area contributed by atoms with Crippen LogP contribution in [0.2, 0.25) is 0 Å². The van der Waals surface area contributed by atoms with Crippen molar-refractivity contribution in [1.29, 1.82) is 0 Å². The van der Waals surface area contributed by atoms with Gasteiger partial charge in [0.05, 0.1) is 18.5 Å². The van der Waals surface area contributed by atoms with Gasteiger partial charge in [-0.05, 0) is 25.3 Å². The molecule has 1 N–H and O–H groups in total. The van der Waals surface area contributed by atoms with Gasteiger partial charge in [0.25, 0.3) is 0 Å². The Labute approximate surface area is 119 Å². The van der Waals surface area contributed by atoms with Crippen LogP contribution in [0.25, 0.3) is 0 Å². The van der Waals surface area contributed by atoms with Gasteiger partial charge in [-0.15, -0.1) is 0 Å². The molecule has 0 bridgehead atoms. The lowest BCUT2D eigenvalue weighted by Gasteiger charge is -2.16. The van der Waals surface area contributed by atoms with E-state index in [1.54, 1.807) is 6.20 Å². The number of fused-ring (bicyclic) bond motifs is 1. The summed E-state index contributed by atoms with van der Waals surface area (Å²) in [7, 11) is 0. The van der Waals surface area contributed by atoms with E-state index in [4.69, 9.17) is 4.74 Å². The van der Waals surface area contributed by atoms with Crippen molar-refractivity contribution in [2.24, 2.45) is 5.92 Å². The molecule has 4 heteroatoms. The van der Waals surface area contributed by atoms with Crippen LogP contribution in [0.15, 0.2) is 6.20 Å². The van der Waals surface area contributed by atoms with Gasteiger partial charge in [0.2, 0.25) is 11.8 Å². The number of ether oxygens (including phenoxy) is 1. The van der Waals surface area contributed by atoms with Crippen molar-refractivity contribution in [2.45, 2.75) is 51.9 Å². The molecule has 3 rings (SSSR count). The second-order valence-electron chi connectivity index (χ2n) is 5.86. The molecule has 0 saturated heterocycles. The second kappa shape index (κ2) is 5.81. The highest BCUT2D eigenvalue weighted by molar-refractivity contribution is 5.93. The van der Waals surface area contributed by atoms with Crippen LogP contribution in [0, 0.1) is 12.8 Å². The fourth-order valence-electron chi connectivity index (χ4n) is 3.19. The zero-order valence-corrected chi connectivity index (χ0v) is 12.1. The van der Waals surface area contributed by atoms with Crippen LogP contribution < -0.4 is 10.1 Å². The van der Waals surface area contributed by atoms with Crippen LogP contribution in [0.3, 0.4) is 0 Å². The maximum Gasteiger partial charge on any atom is 0.227 e. The van der Waals surface area contributed by atoms with Gasteiger partial charge < -0.3 is 10.1 Å². The summed E-state index contributed by atoms with van der Waals surface area (Å²) >= 11 is 0. The van der Waals surface area contributed by atoms with Crippen LogP contribution in [0.5, 0.6) is 5.88 Å². The third-order valence-corrected chi connectivity index (χ3v) is 4.50. The van der Waals surface area contributed by atoms with E-state index in [0.29, 0.717) is 6.61 Å². The minimum atomic E-state index is 0.163. The number of carbonyl (C=O) groups is 1. The molecule has 0 spiro atoms. The van der Waals surface area contributed by atoms with E-state index in [1.165, 1.54) is 25.7 Å². The average molecular weight is 274 g/mol. The molecule has 2 heterocycles. The number of hydrogen-bond donors (Lipinski definition) is 1. The Kier molecular flexibility index (Phi) is 3.90. The molecule has 1 aliphatic carbocycles. The molecule has 0 radical (unpaired) electrons. The van der Waals surface area contributed by atoms with Gasteiger partial charge in [0.15, 0.2) is 0 Å². The first-order valence-electron chi connectivity index (χ1n) is 7.68. The number of nitrogens with zero attached hydrogens (tertiary/aromatic N) is 1. The number of amides is 1. The van der Waals surface area contributed by atoms with E-state index in [2.05, 4.69) is 10.3 Å². The van der Waals surface area contributed by atoms with Crippen LogP contribution in [0.4, 0.5) is 5.69 Å². The predicted octanol–water partition coefficient (Wildman–Crippen LogP) is 3.23. The summed E-state index contributed by atoms with van der Waals surface area (Å²) in [6.45, 7) is 2.74. The Morgan fingerprint density at radius 3 is 2.80 bits per heavy atom. The van der Waals surface area contributed by atoms with Crippen molar-refractivity contribution < 1.29 is 9.53 Å². The Balaban J connectivity index is 1.72. The number of pyridine rings is 1. The lowest BCUT2D eigenvalue weighted by molar-refractivity contribution is -0.120. The molecule has 0 unspecified atom stereocenters. The fourth-order valence-corrected chi connectivity index (χ4v) is 3.19. The summed E-state index contributed by atoms with van der Waals surface area (Å²) in [6.07, 6.45) is 9.54. The molecular weight excluding hydrogens is 252 g/mol. The first kappa shape index (κ1) is 13.4. The van der Waals surface area contributed by atoms with Crippen LogP contribution in [0.1, 0.15) is 49.7 Å². The molecule has 1 aromatic rings. The van der Waals surface area contributed by atoms with E-state index in [9.17, 15) is 4.79 Å². The van der Waals surface area contributed by atoms with E-state index in [1.807, 2.05) is 6.92 Å². The summed E-state index contributed by atoms with van der Waals surface area (Å²) < 4.78 is 5.45. The Morgan fingerprint density at radius 2 is 2.05 bits per heavy atom. The summed E-state index contributed by atoms with van der Waals surface area (Å²) in [5, 5.41) is 3.08. The monoisotopic (exact) mass is 274 g/mol. The Bertz CT molecular complexity index is 505. The molecule has 0 atom stereocenters. The minimum Gasteiger partial charge on any atom is -0.477 e. The van der Waals surface area contributed by atoms with Crippen molar-refractivity contribution >= 4 is 11.6 Å². The van der Waals surface area contributed by atoms with Gasteiger partial charge in [-0.3, -0.25) is 4.79 Å². The van der Waals surface area contributed by atoms with Crippen molar-refractivity contribution in [2.75, 3.05) is 11.9 Å². The first-order valence-corrected chi connectivity index (χ1v) is 7.68. The molecule has 1 aliphatic heterocycles. The Morgan fingerprint density at radius 1 is 1.30 bits per heavy atom. The normalized spacial score (nSPS) is 19.1. The zero-order chi connectivity index (χ0) is 13.9. The number of aromatic nitrogens is 1. The largest absolute Gasteiger partial charge is 0.477 e. The zero-order valence-electron chi connectivity index (χ0n) is 12.1. The maximum atomic E-state index is 12.4. The van der Waals surface area contributed by atoms with Crippen molar-refractivity contribution in [3.05, 3.63) is 17.3 Å². The third-order valence-electron chi connectivity index (χ3n) is 4.50. The first-order chi connectivity index (χ1) is 9.75. The molecule has 1 fully saturated rings. The van der Waals surface area contributed by atoms with Crippen LogP contribution in [-0.4, -0.2) is 17.5 Å². The standard InChI is InChI=1S/C16H22N2O2/c1-11-13-8-9-20-16(13)17-10-14(11)18-15(19)12-6-4-2-3-5-7-12/h10,12H,2-9H2,1H3,(H,18,19). The van der Waals surface area contributed by atoms with Gasteiger partial charge in [0, 0.05) is 17.9 Å². The number of hydrogen-bond acceptors (Lipinski definition) is 3. The molecule has 1 amide bonds. The highest BCUT2D eigenvalue weighted by atomic mass is 16.5. The number of carbonyl (C=O) groups excluding carboxylic acids is 1. The summed E-state index contributed by atoms with van der Waals surface area (Å²) in [5.74, 6) is 1.06. The van der Waals surface area contributed by atoms with Crippen molar-refractivity contribution in [3.8, 4) is 5.88 Å². The second-order valence-corrected chi connectivity index (χ2v) is 5.86. The van der Waals surface area contributed by atoms with Crippen LogP contribution >= 0.6 is 0 Å². The summed E-state index contributed by atoms with van der Waals surface area (Å²) in [5.41, 5.74) is 3.10. The molecule has 108 valence electrons. The quantitative estimate of drug-likeness (QED) is 0.842. The summed E-state index contributed by atoms with van der Waals surface area (Å²) in [4.78, 5) is 16.7. The van der Waals surface area contributed by atoms with Gasteiger partial charge in [0.1, 0.15) is 0 Å². The smallest absolute Gasteiger partial charge is 0.227 e. The number of anilines is 1. The molecule has 1 saturated carbocycles. The molecular formula is C16H22N2O2. The fraction of sp³-hybridized carbons (Fsp3) is 0.625. The Hall–Kier alpha value is -1.58. The maximum absolute atomic E-state index is 12.4. The highest BCUT2D eigenvalue weighted by Crippen LogP contribution is 2.31. The molecule has 20 heavy (non-hydrogen) atoms. The molecule has 4 nitrogen and oxygen atoms in total. The van der Waals surface area contributed by atoms with Gasteiger partial charge >= 0.3 is 0 Å². The lowest BCUT2D eigenvalue weighted by Crippen LogP contribution is -2.23. The van der Waals surface area contributed by atoms with Crippen molar-refractivity contribution in [1.82, 2.24) is 4.98 Å². The van der Waals surface area contributed by atoms with E-state index in [0.717, 1.165) is 42.0 Å². The highest BCUT2D eigenvalue weighted by Gasteiger charge is 2.23. The van der Waals surface area contributed by atoms with E-state index < -0.39 is 0 Å². The number of rotatable bonds is 2. The number of nitrogens with one attached hydrogen (secondary N) is 1.